The SMILES string of the molecule is COC(=O)c1cc(OC2CC2)c(Nc2ncc3c(n2)N(C2CCCC2)CC(F)(F)CN3C)cc1F. The van der Waals surface area contributed by atoms with Crippen LogP contribution in [0, 0.1) is 5.82 Å². The number of anilines is 4. The van der Waals surface area contributed by atoms with Crippen molar-refractivity contribution in [3.8, 4) is 5.75 Å². The summed E-state index contributed by atoms with van der Waals surface area (Å²) >= 11 is 0. The molecule has 2 aliphatic carbocycles. The maximum Gasteiger partial charge on any atom is 0.340 e. The van der Waals surface area contributed by atoms with Gasteiger partial charge in [0.05, 0.1) is 49.4 Å². The molecule has 2 aromatic rings. The first-order valence-corrected chi connectivity index (χ1v) is 11.8. The van der Waals surface area contributed by atoms with E-state index in [2.05, 4.69) is 20.0 Å². The van der Waals surface area contributed by atoms with Crippen LogP contribution in [0.3, 0.4) is 0 Å². The fourth-order valence-electron chi connectivity index (χ4n) is 4.73. The Balaban J connectivity index is 1.51. The Labute approximate surface area is 201 Å². The van der Waals surface area contributed by atoms with Crippen LogP contribution in [0.25, 0.3) is 0 Å². The van der Waals surface area contributed by atoms with Crippen LogP contribution in [0.2, 0.25) is 0 Å². The van der Waals surface area contributed by atoms with Gasteiger partial charge in [0.2, 0.25) is 5.95 Å². The molecule has 1 aromatic heterocycles. The topological polar surface area (TPSA) is 79.8 Å². The zero-order chi connectivity index (χ0) is 24.7. The third-order valence-electron chi connectivity index (χ3n) is 6.61. The van der Waals surface area contributed by atoms with Crippen LogP contribution < -0.4 is 19.9 Å². The molecule has 0 bridgehead atoms. The van der Waals surface area contributed by atoms with Crippen LogP contribution in [0.1, 0.15) is 48.9 Å². The fraction of sp³-hybridized carbons (Fsp3) is 0.542. The summed E-state index contributed by atoms with van der Waals surface area (Å²) in [6.07, 6.45) is 6.83. The smallest absolute Gasteiger partial charge is 0.340 e. The predicted octanol–water partition coefficient (Wildman–Crippen LogP) is 4.52. The molecule has 2 fully saturated rings. The van der Waals surface area contributed by atoms with E-state index in [1.807, 2.05) is 0 Å². The van der Waals surface area contributed by atoms with E-state index < -0.39 is 30.8 Å². The third-order valence-corrected chi connectivity index (χ3v) is 6.61. The predicted molar refractivity (Wildman–Crippen MR) is 125 cm³/mol. The Hall–Kier alpha value is -3.24. The second-order valence-corrected chi connectivity index (χ2v) is 9.44. The number of methoxy groups -OCH3 is 1. The molecule has 11 heteroatoms. The van der Waals surface area contributed by atoms with Crippen LogP contribution in [0.4, 0.5) is 36.3 Å². The van der Waals surface area contributed by atoms with Crippen LogP contribution in [0.15, 0.2) is 18.3 Å². The number of esters is 1. The minimum Gasteiger partial charge on any atom is -0.488 e. The quantitative estimate of drug-likeness (QED) is 0.591. The number of halogens is 3. The first-order valence-electron chi connectivity index (χ1n) is 11.8. The Kier molecular flexibility index (Phi) is 6.10. The van der Waals surface area contributed by atoms with Crippen LogP contribution in [-0.2, 0) is 4.74 Å². The largest absolute Gasteiger partial charge is 0.488 e. The normalized spacial score (nSPS) is 19.8. The second kappa shape index (κ2) is 9.09. The Morgan fingerprint density at radius 1 is 1.17 bits per heavy atom. The molecule has 1 aliphatic heterocycles. The van der Waals surface area contributed by atoms with Gasteiger partial charge in [0.25, 0.3) is 5.92 Å². The van der Waals surface area contributed by atoms with Crippen LogP contribution in [0.5, 0.6) is 5.75 Å². The lowest BCUT2D eigenvalue weighted by Gasteiger charge is -2.31. The van der Waals surface area contributed by atoms with Gasteiger partial charge in [0, 0.05) is 19.2 Å². The summed E-state index contributed by atoms with van der Waals surface area (Å²) in [5.41, 5.74) is 0.510. The number of benzene rings is 1. The molecular formula is C24H28F3N5O3. The Bertz CT molecular complexity index is 1120. The van der Waals surface area contributed by atoms with Gasteiger partial charge in [-0.2, -0.15) is 4.98 Å². The molecule has 2 heterocycles. The van der Waals surface area contributed by atoms with Gasteiger partial charge in [-0.05, 0) is 31.7 Å². The number of carbonyl (C=O) groups is 1. The molecular weight excluding hydrogens is 463 g/mol. The van der Waals surface area contributed by atoms with Gasteiger partial charge in [-0.15, -0.1) is 0 Å². The van der Waals surface area contributed by atoms with Crippen molar-refractivity contribution in [3.63, 3.8) is 0 Å². The van der Waals surface area contributed by atoms with E-state index in [-0.39, 0.29) is 35.1 Å². The van der Waals surface area contributed by atoms with Gasteiger partial charge in [-0.25, -0.2) is 22.9 Å². The van der Waals surface area contributed by atoms with E-state index in [1.165, 1.54) is 24.3 Å². The van der Waals surface area contributed by atoms with E-state index in [9.17, 15) is 18.0 Å². The van der Waals surface area contributed by atoms with E-state index >= 15 is 0 Å². The van der Waals surface area contributed by atoms with Crippen molar-refractivity contribution >= 4 is 29.1 Å². The third kappa shape index (κ3) is 4.94. The lowest BCUT2D eigenvalue weighted by atomic mass is 10.1. The number of nitrogens with zero attached hydrogens (tertiary/aromatic N) is 4. The van der Waals surface area contributed by atoms with E-state index in [1.54, 1.807) is 11.9 Å². The minimum atomic E-state index is -2.91. The van der Waals surface area contributed by atoms with Crippen LogP contribution in [-0.4, -0.2) is 61.3 Å². The summed E-state index contributed by atoms with van der Waals surface area (Å²) in [6, 6.07) is 2.40. The number of carbonyl (C=O) groups excluding carboxylic acids is 1. The average molecular weight is 492 g/mol. The molecule has 3 aliphatic rings. The molecule has 0 amide bonds. The Morgan fingerprint density at radius 3 is 2.60 bits per heavy atom. The first kappa shape index (κ1) is 23.5. The highest BCUT2D eigenvalue weighted by Crippen LogP contribution is 2.40. The molecule has 0 atom stereocenters. The molecule has 0 unspecified atom stereocenters. The maximum absolute atomic E-state index is 14.7. The summed E-state index contributed by atoms with van der Waals surface area (Å²) in [5.74, 6) is -3.70. The molecule has 35 heavy (non-hydrogen) atoms. The van der Waals surface area contributed by atoms with Crippen LogP contribution >= 0.6 is 0 Å². The summed E-state index contributed by atoms with van der Waals surface area (Å²) in [4.78, 5) is 24.1. The number of alkyl halides is 2. The number of rotatable bonds is 6. The highest BCUT2D eigenvalue weighted by Gasteiger charge is 2.41. The molecule has 8 nitrogen and oxygen atoms in total. The molecule has 5 rings (SSSR count). The number of aromatic nitrogens is 2. The highest BCUT2D eigenvalue weighted by molar-refractivity contribution is 5.91. The number of hydrogen-bond acceptors (Lipinski definition) is 8. The molecule has 1 aromatic carbocycles. The standard InChI is InChI=1S/C24H28F3N5O3/c1-31-12-24(26,27)13-32(14-5-3-4-6-14)21-19(31)11-28-23(30-21)29-18-10-17(25)16(22(33)34-2)9-20(18)35-15-7-8-15/h9-11,14-15H,3-8,12-13H2,1-2H3,(H,28,29,30). The van der Waals surface area contributed by atoms with Gasteiger partial charge in [-0.3, -0.25) is 0 Å². The number of nitrogens with one attached hydrogen (secondary N) is 1. The van der Waals surface area contributed by atoms with Crippen molar-refractivity contribution in [1.82, 2.24) is 9.97 Å². The van der Waals surface area contributed by atoms with E-state index in [0.29, 0.717) is 11.5 Å². The lowest BCUT2D eigenvalue weighted by Crippen LogP contribution is -2.44. The highest BCUT2D eigenvalue weighted by atomic mass is 19.3. The monoisotopic (exact) mass is 491 g/mol. The van der Waals surface area contributed by atoms with E-state index in [0.717, 1.165) is 44.6 Å². The van der Waals surface area contributed by atoms with Crippen molar-refractivity contribution in [1.29, 1.82) is 0 Å². The summed E-state index contributed by atoms with van der Waals surface area (Å²) in [5, 5.41) is 2.98. The van der Waals surface area contributed by atoms with Crippen molar-refractivity contribution in [2.45, 2.75) is 56.6 Å². The average Bonchev–Trinajstić information content (AvgIpc) is 3.48. The van der Waals surface area contributed by atoms with Gasteiger partial charge in [0.1, 0.15) is 11.6 Å². The lowest BCUT2D eigenvalue weighted by molar-refractivity contribution is 0.0177. The van der Waals surface area contributed by atoms with Crippen molar-refractivity contribution in [2.24, 2.45) is 0 Å². The molecule has 0 radical (unpaired) electrons. The molecule has 0 spiro atoms. The number of hydrogen-bond donors (Lipinski definition) is 1. The molecule has 188 valence electrons. The second-order valence-electron chi connectivity index (χ2n) is 9.44. The van der Waals surface area contributed by atoms with Crippen molar-refractivity contribution in [2.75, 3.05) is 42.4 Å². The van der Waals surface area contributed by atoms with Gasteiger partial charge < -0.3 is 24.6 Å². The molecule has 1 N–H and O–H groups in total. The number of fused-ring (bicyclic) bond motifs is 1. The van der Waals surface area contributed by atoms with E-state index in [4.69, 9.17) is 4.74 Å². The first-order chi connectivity index (χ1) is 16.7. The maximum atomic E-state index is 14.7. The fourth-order valence-corrected chi connectivity index (χ4v) is 4.73. The zero-order valence-electron chi connectivity index (χ0n) is 19.7. The van der Waals surface area contributed by atoms with Crippen molar-refractivity contribution < 1.29 is 27.4 Å². The van der Waals surface area contributed by atoms with Gasteiger partial charge in [0.15, 0.2) is 5.82 Å². The number of ether oxygens (including phenoxy) is 2. The van der Waals surface area contributed by atoms with Gasteiger partial charge >= 0.3 is 5.97 Å². The molecule has 0 saturated heterocycles. The summed E-state index contributed by atoms with van der Waals surface area (Å²) in [7, 11) is 2.78. The summed E-state index contributed by atoms with van der Waals surface area (Å²) < 4.78 is 54.8. The van der Waals surface area contributed by atoms with Crippen molar-refractivity contribution in [3.05, 3.63) is 29.7 Å². The zero-order valence-corrected chi connectivity index (χ0v) is 19.7. The summed E-state index contributed by atoms with van der Waals surface area (Å²) in [6.45, 7) is -0.858. The Morgan fingerprint density at radius 2 is 1.91 bits per heavy atom. The minimum absolute atomic E-state index is 0.0202. The van der Waals surface area contributed by atoms with Gasteiger partial charge in [-0.1, -0.05) is 12.8 Å². The molecule has 2 saturated carbocycles.